The van der Waals surface area contributed by atoms with Crippen LogP contribution in [0.25, 0.3) is 88.8 Å². The fraction of sp³-hybridized carbons (Fsp3) is 0.0417. The number of hydrogen-bond donors (Lipinski definition) is 0. The molecule has 0 unspecified atom stereocenters. The topological polar surface area (TPSA) is 35.6 Å². The van der Waals surface area contributed by atoms with Crippen LogP contribution in [0.4, 0.5) is 0 Å². The summed E-state index contributed by atoms with van der Waals surface area (Å²) >= 11 is 0. The smallest absolute Gasteiger partial charge is 0.159 e. The molecule has 0 atom stereocenters. The van der Waals surface area contributed by atoms with Crippen molar-refractivity contribution in [3.63, 3.8) is 0 Å². The van der Waals surface area contributed by atoms with E-state index in [-0.39, 0.29) is 0 Å². The van der Waals surface area contributed by atoms with Crippen LogP contribution in [0.3, 0.4) is 0 Å². The van der Waals surface area contributed by atoms with Crippen LogP contribution in [0.15, 0.2) is 170 Å². The SMILES string of the molecule is C[Si]1(C)c2ccccc2-c2c(-c3ccc(-n4c5ccccc5c5ccccc54)cc3)nc(-c3ccc4c5ccccc5n(-c5ccccc5)c4c3)nc21. The van der Waals surface area contributed by atoms with E-state index < -0.39 is 8.07 Å². The van der Waals surface area contributed by atoms with Gasteiger partial charge in [0.15, 0.2) is 5.82 Å². The predicted molar refractivity (Wildman–Crippen MR) is 224 cm³/mol. The van der Waals surface area contributed by atoms with Crippen molar-refractivity contribution in [2.24, 2.45) is 0 Å². The van der Waals surface area contributed by atoms with Gasteiger partial charge in [-0.3, -0.25) is 0 Å². The van der Waals surface area contributed by atoms with Gasteiger partial charge in [0.2, 0.25) is 0 Å². The van der Waals surface area contributed by atoms with E-state index in [2.05, 4.69) is 192 Å². The van der Waals surface area contributed by atoms with Gasteiger partial charge in [0.25, 0.3) is 0 Å². The molecule has 0 spiro atoms. The van der Waals surface area contributed by atoms with E-state index in [1.165, 1.54) is 59.7 Å². The lowest BCUT2D eigenvalue weighted by atomic mass is 10.00. The standard InChI is InChI=1S/C48H34N4Si/c1-53(2)44-23-13-9-19-39(44)45-46(31-24-27-34(28-25-31)51-40-20-10-6-16-35(40)36-17-7-11-21-41(36)51)49-47(50-48(45)53)32-26-29-38-37-18-8-12-22-42(37)52(43(38)30-32)33-14-4-3-5-15-33/h3-30H,1-2H3. The molecule has 1 aliphatic rings. The number of hydrogen-bond acceptors (Lipinski definition) is 2. The Morgan fingerprint density at radius 3 is 1.60 bits per heavy atom. The molecule has 0 saturated heterocycles. The van der Waals surface area contributed by atoms with E-state index >= 15 is 0 Å². The second-order valence-electron chi connectivity index (χ2n) is 14.6. The van der Waals surface area contributed by atoms with Crippen LogP contribution < -0.4 is 10.5 Å². The first-order valence-corrected chi connectivity index (χ1v) is 21.3. The summed E-state index contributed by atoms with van der Waals surface area (Å²) in [5, 5.41) is 7.60. The third-order valence-electron chi connectivity index (χ3n) is 11.3. The minimum absolute atomic E-state index is 0.769. The van der Waals surface area contributed by atoms with E-state index in [0.717, 1.165) is 39.5 Å². The summed E-state index contributed by atoms with van der Waals surface area (Å²) < 4.78 is 4.74. The number of aromatic nitrogens is 4. The Balaban J connectivity index is 1.13. The summed E-state index contributed by atoms with van der Waals surface area (Å²) in [5.41, 5.74) is 12.6. The van der Waals surface area contributed by atoms with E-state index in [1.54, 1.807) is 0 Å². The first-order chi connectivity index (χ1) is 26.1. The third kappa shape index (κ3) is 4.35. The lowest BCUT2D eigenvalue weighted by Crippen LogP contribution is -2.50. The summed E-state index contributed by atoms with van der Waals surface area (Å²) in [6.07, 6.45) is 0. The lowest BCUT2D eigenvalue weighted by molar-refractivity contribution is 1.17. The van der Waals surface area contributed by atoms with Gasteiger partial charge in [0.1, 0.15) is 8.07 Å². The summed E-state index contributed by atoms with van der Waals surface area (Å²) in [4.78, 5) is 11.0. The minimum Gasteiger partial charge on any atom is -0.309 e. The van der Waals surface area contributed by atoms with Gasteiger partial charge in [-0.15, -0.1) is 0 Å². The zero-order valence-electron chi connectivity index (χ0n) is 29.5. The molecular weight excluding hydrogens is 661 g/mol. The molecule has 0 amide bonds. The fourth-order valence-electron chi connectivity index (χ4n) is 8.81. The van der Waals surface area contributed by atoms with Crippen LogP contribution in [0.2, 0.25) is 13.1 Å². The zero-order valence-corrected chi connectivity index (χ0v) is 30.5. The highest BCUT2D eigenvalue weighted by atomic mass is 28.3. The summed E-state index contributed by atoms with van der Waals surface area (Å²) in [5.74, 6) is 0.769. The van der Waals surface area contributed by atoms with Gasteiger partial charge in [-0.2, -0.15) is 0 Å². The average Bonchev–Trinajstić information content (AvgIpc) is 3.81. The maximum absolute atomic E-state index is 5.50. The van der Waals surface area contributed by atoms with Crippen LogP contribution in [0.1, 0.15) is 0 Å². The van der Waals surface area contributed by atoms with Crippen LogP contribution in [0, 0.1) is 0 Å². The highest BCUT2D eigenvalue weighted by Gasteiger charge is 2.41. The van der Waals surface area contributed by atoms with E-state index in [0.29, 0.717) is 0 Å². The van der Waals surface area contributed by atoms with Gasteiger partial charge >= 0.3 is 0 Å². The maximum Gasteiger partial charge on any atom is 0.159 e. The molecule has 0 N–H and O–H groups in total. The number of para-hydroxylation sites is 4. The lowest BCUT2D eigenvalue weighted by Gasteiger charge is -2.19. The molecular formula is C48H34N4Si. The van der Waals surface area contributed by atoms with Crippen LogP contribution in [0.5, 0.6) is 0 Å². The zero-order chi connectivity index (χ0) is 35.3. The monoisotopic (exact) mass is 694 g/mol. The molecule has 0 fully saturated rings. The van der Waals surface area contributed by atoms with E-state index in [9.17, 15) is 0 Å². The van der Waals surface area contributed by atoms with Gasteiger partial charge in [0, 0.05) is 54.9 Å². The second-order valence-corrected chi connectivity index (χ2v) is 18.9. The second kappa shape index (κ2) is 11.2. The Bertz CT molecular complexity index is 3030. The highest BCUT2D eigenvalue weighted by molar-refractivity contribution is 7.03. The normalized spacial score (nSPS) is 13.2. The Morgan fingerprint density at radius 1 is 0.434 bits per heavy atom. The molecule has 3 aromatic heterocycles. The predicted octanol–water partition coefficient (Wildman–Crippen LogP) is 10.8. The number of fused-ring (bicyclic) bond motifs is 9. The van der Waals surface area contributed by atoms with Gasteiger partial charge < -0.3 is 9.13 Å². The van der Waals surface area contributed by atoms with E-state index in [1.807, 2.05) is 0 Å². The quantitative estimate of drug-likeness (QED) is 0.172. The average molecular weight is 695 g/mol. The van der Waals surface area contributed by atoms with Crippen LogP contribution in [-0.2, 0) is 0 Å². The van der Waals surface area contributed by atoms with Crippen LogP contribution in [-0.4, -0.2) is 27.2 Å². The van der Waals surface area contributed by atoms with Gasteiger partial charge in [0.05, 0.1) is 27.8 Å². The summed E-state index contributed by atoms with van der Waals surface area (Å²) in [6, 6.07) is 61.3. The first-order valence-electron chi connectivity index (χ1n) is 18.3. The van der Waals surface area contributed by atoms with E-state index in [4.69, 9.17) is 9.97 Å². The van der Waals surface area contributed by atoms with Crippen molar-refractivity contribution in [3.05, 3.63) is 170 Å². The molecule has 4 nitrogen and oxygen atoms in total. The number of nitrogens with zero attached hydrogens (tertiary/aromatic N) is 4. The molecule has 250 valence electrons. The van der Waals surface area contributed by atoms with Crippen molar-refractivity contribution in [3.8, 4) is 45.1 Å². The Kier molecular flexibility index (Phi) is 6.37. The number of rotatable bonds is 4. The fourth-order valence-corrected chi connectivity index (χ4v) is 11.7. The third-order valence-corrected chi connectivity index (χ3v) is 14.6. The largest absolute Gasteiger partial charge is 0.309 e. The van der Waals surface area contributed by atoms with Crippen molar-refractivity contribution in [1.82, 2.24) is 19.1 Å². The van der Waals surface area contributed by atoms with Gasteiger partial charge in [-0.25, -0.2) is 9.97 Å². The molecule has 7 aromatic carbocycles. The molecule has 0 radical (unpaired) electrons. The molecule has 10 aromatic rings. The molecule has 0 aliphatic carbocycles. The Hall–Kier alpha value is -6.56. The maximum atomic E-state index is 5.50. The van der Waals surface area contributed by atoms with Gasteiger partial charge in [-0.05, 0) is 59.3 Å². The molecule has 1 aliphatic heterocycles. The molecule has 0 bridgehead atoms. The first kappa shape index (κ1) is 30.1. The molecule has 0 saturated carbocycles. The molecule has 53 heavy (non-hydrogen) atoms. The van der Waals surface area contributed by atoms with Crippen LogP contribution >= 0.6 is 0 Å². The van der Waals surface area contributed by atoms with Gasteiger partial charge in [-0.1, -0.05) is 134 Å². The van der Waals surface area contributed by atoms with Crippen molar-refractivity contribution in [2.75, 3.05) is 0 Å². The Labute approximate surface area is 308 Å². The summed E-state index contributed by atoms with van der Waals surface area (Å²) in [7, 11) is -2.13. The molecule has 4 heterocycles. The van der Waals surface area contributed by atoms with Crippen molar-refractivity contribution < 1.29 is 0 Å². The minimum atomic E-state index is -2.13. The Morgan fingerprint density at radius 2 is 0.943 bits per heavy atom. The van der Waals surface area contributed by atoms with Crippen molar-refractivity contribution in [1.29, 1.82) is 0 Å². The number of benzene rings is 7. The van der Waals surface area contributed by atoms with Crippen molar-refractivity contribution in [2.45, 2.75) is 13.1 Å². The van der Waals surface area contributed by atoms with Crippen molar-refractivity contribution >= 4 is 62.2 Å². The molecule has 11 rings (SSSR count). The highest BCUT2D eigenvalue weighted by Crippen LogP contribution is 2.39. The summed E-state index contributed by atoms with van der Waals surface area (Å²) in [6.45, 7) is 4.86. The molecule has 5 heteroatoms.